The summed E-state index contributed by atoms with van der Waals surface area (Å²) in [6.07, 6.45) is 3.99. The van der Waals surface area contributed by atoms with Crippen molar-refractivity contribution < 1.29 is 14.7 Å². The molecule has 17 heavy (non-hydrogen) atoms. The van der Waals surface area contributed by atoms with Crippen molar-refractivity contribution in [3.05, 3.63) is 23.5 Å². The zero-order valence-electron chi connectivity index (χ0n) is 9.72. The molecular weight excluding hydrogens is 218 g/mol. The second-order valence-corrected chi connectivity index (χ2v) is 5.20. The first kappa shape index (κ1) is 10.6. The molecule has 4 heteroatoms. The molecule has 2 heterocycles. The van der Waals surface area contributed by atoms with Crippen LogP contribution in [0, 0.1) is 18.8 Å². The quantitative estimate of drug-likeness (QED) is 0.807. The maximum absolute atomic E-state index is 12.2. The van der Waals surface area contributed by atoms with E-state index in [0.717, 1.165) is 17.7 Å². The van der Waals surface area contributed by atoms with Crippen LogP contribution in [0.3, 0.4) is 0 Å². The molecule has 0 saturated heterocycles. The molecule has 0 bridgehead atoms. The summed E-state index contributed by atoms with van der Waals surface area (Å²) in [5.41, 5.74) is 1.87. The molecule has 3 unspecified atom stereocenters. The highest BCUT2D eigenvalue weighted by atomic mass is 16.4. The second kappa shape index (κ2) is 3.45. The number of carbonyl (C=O) groups excluding carboxylic acids is 1. The minimum Gasteiger partial charge on any atom is -0.481 e. The molecule has 4 nitrogen and oxygen atoms in total. The van der Waals surface area contributed by atoms with Crippen molar-refractivity contribution in [2.45, 2.75) is 32.2 Å². The van der Waals surface area contributed by atoms with Crippen molar-refractivity contribution in [2.75, 3.05) is 0 Å². The first-order valence-corrected chi connectivity index (χ1v) is 6.03. The van der Waals surface area contributed by atoms with Crippen molar-refractivity contribution >= 4 is 11.8 Å². The number of hydrogen-bond acceptors (Lipinski definition) is 2. The summed E-state index contributed by atoms with van der Waals surface area (Å²) in [7, 11) is 0. The SMILES string of the molecule is Cc1cc2n(c1)C1CCC(C(=O)O)CC1C2=O. The van der Waals surface area contributed by atoms with Gasteiger partial charge in [-0.25, -0.2) is 0 Å². The summed E-state index contributed by atoms with van der Waals surface area (Å²) in [5, 5.41) is 9.04. The number of carboxylic acid groups (broad SMARTS) is 1. The monoisotopic (exact) mass is 233 g/mol. The van der Waals surface area contributed by atoms with Crippen LogP contribution in [0.1, 0.15) is 41.4 Å². The van der Waals surface area contributed by atoms with Crippen LogP contribution in [0.4, 0.5) is 0 Å². The smallest absolute Gasteiger partial charge is 0.306 e. The molecule has 0 aromatic carbocycles. The average Bonchev–Trinajstić information content (AvgIpc) is 2.78. The first-order valence-electron chi connectivity index (χ1n) is 6.03. The third-order valence-corrected chi connectivity index (χ3v) is 4.09. The van der Waals surface area contributed by atoms with Crippen molar-refractivity contribution in [1.29, 1.82) is 0 Å². The number of hydrogen-bond donors (Lipinski definition) is 1. The van der Waals surface area contributed by atoms with Crippen LogP contribution in [-0.4, -0.2) is 21.4 Å². The average molecular weight is 233 g/mol. The first-order chi connectivity index (χ1) is 8.08. The van der Waals surface area contributed by atoms with E-state index in [1.165, 1.54) is 0 Å². The van der Waals surface area contributed by atoms with Gasteiger partial charge in [0.05, 0.1) is 11.6 Å². The number of rotatable bonds is 1. The van der Waals surface area contributed by atoms with Crippen molar-refractivity contribution in [3.8, 4) is 0 Å². The summed E-state index contributed by atoms with van der Waals surface area (Å²) in [4.78, 5) is 23.2. The largest absolute Gasteiger partial charge is 0.481 e. The molecule has 3 rings (SSSR count). The van der Waals surface area contributed by atoms with Crippen LogP contribution in [0.15, 0.2) is 12.3 Å². The topological polar surface area (TPSA) is 59.3 Å². The third kappa shape index (κ3) is 1.43. The Labute approximate surface area is 99.2 Å². The highest BCUT2D eigenvalue weighted by Crippen LogP contribution is 2.44. The Bertz CT molecular complexity index is 503. The number of aliphatic carboxylic acids is 1. The minimum atomic E-state index is -0.760. The standard InChI is InChI=1S/C13H15NO3/c1-7-4-11-12(15)9-5-8(13(16)17)2-3-10(9)14(11)6-7/h4,6,8-10H,2-3,5H2,1H3,(H,16,17). The number of nitrogens with zero attached hydrogens (tertiary/aromatic N) is 1. The molecule has 1 aliphatic heterocycles. The fourth-order valence-corrected chi connectivity index (χ4v) is 3.27. The molecule has 0 radical (unpaired) electrons. The number of carboxylic acids is 1. The van der Waals surface area contributed by atoms with Crippen LogP contribution < -0.4 is 0 Å². The molecule has 0 spiro atoms. The van der Waals surface area contributed by atoms with Gasteiger partial charge in [0.1, 0.15) is 0 Å². The maximum Gasteiger partial charge on any atom is 0.306 e. The Morgan fingerprint density at radius 3 is 2.94 bits per heavy atom. The van der Waals surface area contributed by atoms with Gasteiger partial charge in [0.15, 0.2) is 5.78 Å². The van der Waals surface area contributed by atoms with Gasteiger partial charge in [0.2, 0.25) is 0 Å². The molecule has 1 fully saturated rings. The van der Waals surface area contributed by atoms with Gasteiger partial charge in [-0.2, -0.15) is 0 Å². The van der Waals surface area contributed by atoms with Gasteiger partial charge in [0.25, 0.3) is 0 Å². The van der Waals surface area contributed by atoms with Gasteiger partial charge < -0.3 is 9.67 Å². The summed E-state index contributed by atoms with van der Waals surface area (Å²) in [5.74, 6) is -1.08. The number of ketones is 1. The van der Waals surface area contributed by atoms with Crippen LogP contribution in [0.2, 0.25) is 0 Å². The Kier molecular flexibility index (Phi) is 2.15. The normalized spacial score (nSPS) is 31.1. The van der Waals surface area contributed by atoms with E-state index in [1.807, 2.05) is 19.2 Å². The van der Waals surface area contributed by atoms with Crippen LogP contribution in [0.5, 0.6) is 0 Å². The Morgan fingerprint density at radius 1 is 1.47 bits per heavy atom. The lowest BCUT2D eigenvalue weighted by Gasteiger charge is -2.29. The van der Waals surface area contributed by atoms with Crippen LogP contribution in [-0.2, 0) is 4.79 Å². The zero-order chi connectivity index (χ0) is 12.2. The summed E-state index contributed by atoms with van der Waals surface area (Å²) in [6.45, 7) is 1.98. The van der Waals surface area contributed by atoms with Gasteiger partial charge in [-0.15, -0.1) is 0 Å². The van der Waals surface area contributed by atoms with E-state index in [-0.39, 0.29) is 23.7 Å². The lowest BCUT2D eigenvalue weighted by molar-refractivity contribution is -0.143. The highest BCUT2D eigenvalue weighted by Gasteiger charge is 2.44. The lowest BCUT2D eigenvalue weighted by atomic mass is 9.77. The zero-order valence-corrected chi connectivity index (χ0v) is 9.72. The third-order valence-electron chi connectivity index (χ3n) is 4.09. The number of carbonyl (C=O) groups is 2. The predicted molar refractivity (Wildman–Crippen MR) is 61.0 cm³/mol. The van der Waals surface area contributed by atoms with E-state index in [9.17, 15) is 9.59 Å². The molecule has 1 aromatic heterocycles. The molecule has 1 saturated carbocycles. The van der Waals surface area contributed by atoms with E-state index in [4.69, 9.17) is 5.11 Å². The van der Waals surface area contributed by atoms with Gasteiger partial charge in [-0.05, 0) is 37.8 Å². The van der Waals surface area contributed by atoms with Gasteiger partial charge in [0, 0.05) is 18.2 Å². The van der Waals surface area contributed by atoms with E-state index in [2.05, 4.69) is 4.57 Å². The van der Waals surface area contributed by atoms with Gasteiger partial charge >= 0.3 is 5.97 Å². The van der Waals surface area contributed by atoms with Gasteiger partial charge in [-0.3, -0.25) is 9.59 Å². The number of aryl methyl sites for hydroxylation is 1. The lowest BCUT2D eigenvalue weighted by Crippen LogP contribution is -2.29. The Morgan fingerprint density at radius 2 is 2.24 bits per heavy atom. The second-order valence-electron chi connectivity index (χ2n) is 5.20. The van der Waals surface area contributed by atoms with E-state index in [1.54, 1.807) is 0 Å². The summed E-state index contributed by atoms with van der Waals surface area (Å²) in [6, 6.07) is 2.11. The number of fused-ring (bicyclic) bond motifs is 3. The van der Waals surface area contributed by atoms with Crippen molar-refractivity contribution in [2.24, 2.45) is 11.8 Å². The molecule has 3 atom stereocenters. The maximum atomic E-state index is 12.2. The van der Waals surface area contributed by atoms with Gasteiger partial charge in [-0.1, -0.05) is 0 Å². The van der Waals surface area contributed by atoms with E-state index < -0.39 is 5.97 Å². The van der Waals surface area contributed by atoms with Crippen LogP contribution >= 0.6 is 0 Å². The predicted octanol–water partition coefficient (Wildman–Crippen LogP) is 2.03. The Hall–Kier alpha value is -1.58. The fraction of sp³-hybridized carbons (Fsp3) is 0.538. The molecule has 1 aromatic rings. The van der Waals surface area contributed by atoms with Crippen LogP contribution in [0.25, 0.3) is 0 Å². The molecule has 0 amide bonds. The molecule has 90 valence electrons. The number of Topliss-reactive ketones (excluding diaryl/α,β-unsaturated/α-hetero) is 1. The highest BCUT2D eigenvalue weighted by molar-refractivity contribution is 5.99. The Balaban J connectivity index is 1.93. The van der Waals surface area contributed by atoms with E-state index >= 15 is 0 Å². The minimum absolute atomic E-state index is 0.111. The fourth-order valence-electron chi connectivity index (χ4n) is 3.27. The molecular formula is C13H15NO3. The van der Waals surface area contributed by atoms with E-state index in [0.29, 0.717) is 12.8 Å². The van der Waals surface area contributed by atoms with Crippen molar-refractivity contribution in [1.82, 2.24) is 4.57 Å². The molecule has 2 aliphatic rings. The van der Waals surface area contributed by atoms with Crippen molar-refractivity contribution in [3.63, 3.8) is 0 Å². The summed E-state index contributed by atoms with van der Waals surface area (Å²) >= 11 is 0. The summed E-state index contributed by atoms with van der Waals surface area (Å²) < 4.78 is 2.06. The number of aromatic nitrogens is 1. The molecule has 1 N–H and O–H groups in total. The molecule has 1 aliphatic carbocycles.